The summed E-state index contributed by atoms with van der Waals surface area (Å²) < 4.78 is 23.7. The zero-order valence-electron chi connectivity index (χ0n) is 15.7. The molecule has 6 nitrogen and oxygen atoms in total. The van der Waals surface area contributed by atoms with E-state index in [1.54, 1.807) is 42.5 Å². The molecule has 0 aromatic heterocycles. The molecule has 3 rings (SSSR count). The SMILES string of the molecule is COC/N=C1\C[C@@H](C(=O)OC)N(C(=O)c2ccc(-c3ccccc3F)cc2)C1. The minimum absolute atomic E-state index is 0.169. The molecule has 1 heterocycles. The van der Waals surface area contributed by atoms with Crippen LogP contribution in [0.15, 0.2) is 53.5 Å². The lowest BCUT2D eigenvalue weighted by Crippen LogP contribution is -2.41. The lowest BCUT2D eigenvalue weighted by molar-refractivity contribution is -0.145. The number of nitrogens with zero attached hydrogens (tertiary/aromatic N) is 2. The number of esters is 1. The van der Waals surface area contributed by atoms with Gasteiger partial charge in [0.05, 0.1) is 13.7 Å². The number of rotatable bonds is 5. The van der Waals surface area contributed by atoms with Crippen molar-refractivity contribution < 1.29 is 23.5 Å². The maximum absolute atomic E-state index is 14.0. The Morgan fingerprint density at radius 1 is 1.14 bits per heavy atom. The summed E-state index contributed by atoms with van der Waals surface area (Å²) in [6, 6.07) is 12.4. The number of ether oxygens (including phenoxy) is 2. The second-order valence-electron chi connectivity index (χ2n) is 6.38. The zero-order valence-corrected chi connectivity index (χ0v) is 15.7. The van der Waals surface area contributed by atoms with Crippen LogP contribution in [0.2, 0.25) is 0 Å². The molecule has 0 saturated carbocycles. The van der Waals surface area contributed by atoms with Gasteiger partial charge in [0.1, 0.15) is 18.6 Å². The second kappa shape index (κ2) is 8.75. The van der Waals surface area contributed by atoms with Crippen molar-refractivity contribution in [3.63, 3.8) is 0 Å². The minimum Gasteiger partial charge on any atom is -0.467 e. The topological polar surface area (TPSA) is 68.2 Å². The van der Waals surface area contributed by atoms with Crippen LogP contribution in [0.1, 0.15) is 16.8 Å². The molecule has 1 aliphatic heterocycles. The smallest absolute Gasteiger partial charge is 0.329 e. The monoisotopic (exact) mass is 384 g/mol. The molecule has 0 radical (unpaired) electrons. The summed E-state index contributed by atoms with van der Waals surface area (Å²) in [5.41, 5.74) is 2.24. The highest BCUT2D eigenvalue weighted by molar-refractivity contribution is 6.04. The van der Waals surface area contributed by atoms with Crippen molar-refractivity contribution in [1.29, 1.82) is 0 Å². The number of benzene rings is 2. The standard InChI is InChI=1S/C21H21FN2O4/c1-27-13-23-16-11-19(21(26)28-2)24(12-16)20(25)15-9-7-14(8-10-15)17-5-3-4-6-18(17)22/h3-10,19H,11-13H2,1-2H3/b23-16+/t19-/m0/s1. The Hall–Kier alpha value is -3.06. The maximum atomic E-state index is 14.0. The van der Waals surface area contributed by atoms with Crippen LogP contribution < -0.4 is 0 Å². The number of likely N-dealkylation sites (tertiary alicyclic amines) is 1. The third-order valence-corrected chi connectivity index (χ3v) is 4.63. The molecule has 0 N–H and O–H groups in total. The number of methoxy groups -OCH3 is 2. The van der Waals surface area contributed by atoms with Gasteiger partial charge in [-0.05, 0) is 23.8 Å². The number of amides is 1. The van der Waals surface area contributed by atoms with E-state index in [1.165, 1.54) is 25.2 Å². The van der Waals surface area contributed by atoms with Crippen LogP contribution in [-0.4, -0.2) is 56.0 Å². The van der Waals surface area contributed by atoms with Crippen molar-refractivity contribution >= 4 is 17.6 Å². The fourth-order valence-corrected chi connectivity index (χ4v) is 3.19. The summed E-state index contributed by atoms with van der Waals surface area (Å²) in [6.45, 7) is 0.402. The van der Waals surface area contributed by atoms with E-state index in [-0.39, 0.29) is 25.0 Å². The van der Waals surface area contributed by atoms with Crippen molar-refractivity contribution in [2.45, 2.75) is 12.5 Å². The van der Waals surface area contributed by atoms with Gasteiger partial charge in [-0.25, -0.2) is 9.18 Å². The van der Waals surface area contributed by atoms with Crippen molar-refractivity contribution in [3.05, 3.63) is 59.9 Å². The largest absolute Gasteiger partial charge is 0.467 e. The number of halogens is 1. The summed E-state index contributed by atoms with van der Waals surface area (Å²) in [5.74, 6) is -1.12. The van der Waals surface area contributed by atoms with Gasteiger partial charge in [0, 0.05) is 30.4 Å². The summed E-state index contributed by atoms with van der Waals surface area (Å²) in [4.78, 5) is 30.8. The normalized spacial score (nSPS) is 17.8. The van der Waals surface area contributed by atoms with Gasteiger partial charge in [0.15, 0.2) is 0 Å². The molecule has 1 aliphatic rings. The molecule has 1 atom stereocenters. The van der Waals surface area contributed by atoms with Crippen LogP contribution in [0.4, 0.5) is 4.39 Å². The van der Waals surface area contributed by atoms with Crippen molar-refractivity contribution in [1.82, 2.24) is 4.90 Å². The predicted octanol–water partition coefficient (Wildman–Crippen LogP) is 2.93. The molecular formula is C21H21FN2O4. The van der Waals surface area contributed by atoms with Gasteiger partial charge in [-0.2, -0.15) is 0 Å². The van der Waals surface area contributed by atoms with Gasteiger partial charge >= 0.3 is 5.97 Å². The Morgan fingerprint density at radius 3 is 2.50 bits per heavy atom. The molecule has 2 aromatic carbocycles. The van der Waals surface area contributed by atoms with E-state index < -0.39 is 12.0 Å². The molecule has 7 heteroatoms. The molecule has 1 amide bonds. The van der Waals surface area contributed by atoms with Crippen LogP contribution in [0, 0.1) is 5.82 Å². The first kappa shape index (κ1) is 19.7. The fraction of sp³-hybridized carbons (Fsp3) is 0.286. The minimum atomic E-state index is -0.723. The maximum Gasteiger partial charge on any atom is 0.329 e. The molecule has 0 spiro atoms. The summed E-state index contributed by atoms with van der Waals surface area (Å²) in [6.07, 6.45) is 0.315. The van der Waals surface area contributed by atoms with Gasteiger partial charge in [-0.15, -0.1) is 0 Å². The summed E-state index contributed by atoms with van der Waals surface area (Å²) >= 11 is 0. The molecule has 146 valence electrons. The van der Waals surface area contributed by atoms with Crippen molar-refractivity contribution in [2.75, 3.05) is 27.5 Å². The van der Waals surface area contributed by atoms with Crippen LogP contribution in [0.25, 0.3) is 11.1 Å². The average molecular weight is 384 g/mol. The highest BCUT2D eigenvalue weighted by Crippen LogP contribution is 2.25. The number of aliphatic imine (C=N–C) groups is 1. The average Bonchev–Trinajstić information content (AvgIpc) is 3.16. The highest BCUT2D eigenvalue weighted by atomic mass is 19.1. The highest BCUT2D eigenvalue weighted by Gasteiger charge is 2.38. The Morgan fingerprint density at radius 2 is 1.86 bits per heavy atom. The van der Waals surface area contributed by atoms with Gasteiger partial charge < -0.3 is 14.4 Å². The molecule has 2 aromatic rings. The number of carbonyl (C=O) groups is 2. The molecule has 1 saturated heterocycles. The Labute approximate surface area is 162 Å². The van der Waals surface area contributed by atoms with Crippen molar-refractivity contribution in [2.24, 2.45) is 4.99 Å². The first-order valence-electron chi connectivity index (χ1n) is 8.80. The molecule has 28 heavy (non-hydrogen) atoms. The van der Waals surface area contributed by atoms with Crippen LogP contribution >= 0.6 is 0 Å². The van der Waals surface area contributed by atoms with E-state index in [4.69, 9.17) is 9.47 Å². The van der Waals surface area contributed by atoms with Crippen LogP contribution in [-0.2, 0) is 14.3 Å². The fourth-order valence-electron chi connectivity index (χ4n) is 3.19. The Kier molecular flexibility index (Phi) is 6.16. The third kappa shape index (κ3) is 4.09. The second-order valence-corrected chi connectivity index (χ2v) is 6.38. The lowest BCUT2D eigenvalue weighted by Gasteiger charge is -2.22. The Bertz CT molecular complexity index is 896. The predicted molar refractivity (Wildman–Crippen MR) is 103 cm³/mol. The first-order valence-corrected chi connectivity index (χ1v) is 8.80. The van der Waals surface area contributed by atoms with Crippen LogP contribution in [0.5, 0.6) is 0 Å². The zero-order chi connectivity index (χ0) is 20.1. The van der Waals surface area contributed by atoms with Gasteiger partial charge in [-0.3, -0.25) is 9.79 Å². The van der Waals surface area contributed by atoms with Gasteiger partial charge in [0.2, 0.25) is 0 Å². The van der Waals surface area contributed by atoms with Crippen molar-refractivity contribution in [3.8, 4) is 11.1 Å². The van der Waals surface area contributed by atoms with E-state index in [0.717, 1.165) is 0 Å². The third-order valence-electron chi connectivity index (χ3n) is 4.63. The van der Waals surface area contributed by atoms with E-state index in [1.807, 2.05) is 0 Å². The summed E-state index contributed by atoms with van der Waals surface area (Å²) in [7, 11) is 2.81. The van der Waals surface area contributed by atoms with Gasteiger partial charge in [0.25, 0.3) is 5.91 Å². The first-order chi connectivity index (χ1) is 13.5. The van der Waals surface area contributed by atoms with Gasteiger partial charge in [-0.1, -0.05) is 30.3 Å². The summed E-state index contributed by atoms with van der Waals surface area (Å²) in [5, 5.41) is 0. The molecule has 1 fully saturated rings. The van der Waals surface area contributed by atoms with E-state index in [0.29, 0.717) is 28.8 Å². The lowest BCUT2D eigenvalue weighted by atomic mass is 10.0. The van der Waals surface area contributed by atoms with E-state index >= 15 is 0 Å². The molecule has 0 aliphatic carbocycles. The quantitative estimate of drug-likeness (QED) is 0.744. The molecule has 0 bridgehead atoms. The molecule has 0 unspecified atom stereocenters. The number of hydrogen-bond donors (Lipinski definition) is 0. The van der Waals surface area contributed by atoms with E-state index in [2.05, 4.69) is 4.99 Å². The number of hydrogen-bond acceptors (Lipinski definition) is 5. The molecular weight excluding hydrogens is 363 g/mol. The van der Waals surface area contributed by atoms with E-state index in [9.17, 15) is 14.0 Å². The Balaban J connectivity index is 1.83. The number of carbonyl (C=O) groups excluding carboxylic acids is 2. The van der Waals surface area contributed by atoms with Crippen LogP contribution in [0.3, 0.4) is 0 Å².